The summed E-state index contributed by atoms with van der Waals surface area (Å²) in [4.78, 5) is 11.0. The molecule has 3 aromatic rings. The molecule has 0 spiro atoms. The van der Waals surface area contributed by atoms with Crippen molar-refractivity contribution in [2.24, 2.45) is 7.05 Å². The molecule has 1 atom stereocenters. The highest BCUT2D eigenvalue weighted by atomic mass is 16.6. The summed E-state index contributed by atoms with van der Waals surface area (Å²) in [6, 6.07) is 15.5. The Kier molecular flexibility index (Phi) is 4.02. The van der Waals surface area contributed by atoms with Gasteiger partial charge in [0.1, 0.15) is 5.75 Å². The Morgan fingerprint density at radius 1 is 1.22 bits per heavy atom. The van der Waals surface area contributed by atoms with E-state index in [1.54, 1.807) is 7.11 Å². The maximum Gasteiger partial charge on any atom is 0.214 e. The lowest BCUT2D eigenvalue weighted by Crippen LogP contribution is -2.13. The molecule has 5 heteroatoms. The van der Waals surface area contributed by atoms with Crippen LogP contribution in [0.15, 0.2) is 54.7 Å². The monoisotopic (exact) mass is 310 g/mol. The molecule has 1 unspecified atom stereocenters. The summed E-state index contributed by atoms with van der Waals surface area (Å²) in [6.45, 7) is -0.152. The van der Waals surface area contributed by atoms with Crippen molar-refractivity contribution in [1.29, 1.82) is 0 Å². The van der Waals surface area contributed by atoms with Gasteiger partial charge in [-0.2, -0.15) is 0 Å². The molecular formula is C18H18N2O3. The van der Waals surface area contributed by atoms with E-state index in [0.717, 1.165) is 22.0 Å². The Bertz CT molecular complexity index is 854. The van der Waals surface area contributed by atoms with Crippen molar-refractivity contribution in [2.75, 3.05) is 13.7 Å². The first kappa shape index (κ1) is 15.1. The van der Waals surface area contributed by atoms with Crippen molar-refractivity contribution in [2.45, 2.75) is 5.92 Å². The topological polar surface area (TPSA) is 57.3 Å². The number of rotatable bonds is 5. The predicted octanol–water partition coefficient (Wildman–Crippen LogP) is 3.60. The Morgan fingerprint density at radius 2 is 2.00 bits per heavy atom. The van der Waals surface area contributed by atoms with E-state index in [4.69, 9.17) is 4.74 Å². The van der Waals surface area contributed by atoms with Crippen LogP contribution in [0.3, 0.4) is 0 Å². The number of aromatic nitrogens is 1. The molecule has 118 valence electrons. The Hall–Kier alpha value is -2.82. The zero-order chi connectivity index (χ0) is 16.4. The van der Waals surface area contributed by atoms with Crippen molar-refractivity contribution in [1.82, 2.24) is 4.57 Å². The van der Waals surface area contributed by atoms with Crippen molar-refractivity contribution in [3.63, 3.8) is 0 Å². The molecule has 0 amide bonds. The minimum atomic E-state index is -0.314. The van der Waals surface area contributed by atoms with Crippen LogP contribution in [0.25, 0.3) is 10.9 Å². The van der Waals surface area contributed by atoms with E-state index in [2.05, 4.69) is 0 Å². The highest BCUT2D eigenvalue weighted by molar-refractivity contribution is 5.85. The van der Waals surface area contributed by atoms with Gasteiger partial charge < -0.3 is 9.30 Å². The van der Waals surface area contributed by atoms with Crippen LogP contribution in [-0.2, 0) is 7.05 Å². The van der Waals surface area contributed by atoms with E-state index >= 15 is 0 Å². The second kappa shape index (κ2) is 6.12. The number of hydrogen-bond acceptors (Lipinski definition) is 3. The fraction of sp³-hybridized carbons (Fsp3) is 0.222. The predicted molar refractivity (Wildman–Crippen MR) is 89.6 cm³/mol. The van der Waals surface area contributed by atoms with E-state index in [-0.39, 0.29) is 17.4 Å². The zero-order valence-electron chi connectivity index (χ0n) is 13.1. The van der Waals surface area contributed by atoms with Gasteiger partial charge in [0.25, 0.3) is 0 Å². The molecule has 3 rings (SSSR count). The average Bonchev–Trinajstić information content (AvgIpc) is 2.90. The molecule has 0 aliphatic heterocycles. The number of fused-ring (bicyclic) bond motifs is 1. The summed E-state index contributed by atoms with van der Waals surface area (Å²) < 4.78 is 7.28. The average molecular weight is 310 g/mol. The number of nitro groups is 1. The van der Waals surface area contributed by atoms with Gasteiger partial charge in [0.05, 0.1) is 13.0 Å². The minimum absolute atomic E-state index is 0.152. The van der Waals surface area contributed by atoms with E-state index in [0.29, 0.717) is 5.75 Å². The van der Waals surface area contributed by atoms with Crippen LogP contribution in [-0.4, -0.2) is 23.1 Å². The highest BCUT2D eigenvalue weighted by Crippen LogP contribution is 2.33. The smallest absolute Gasteiger partial charge is 0.214 e. The zero-order valence-corrected chi connectivity index (χ0v) is 13.1. The van der Waals surface area contributed by atoms with E-state index in [1.165, 1.54) is 0 Å². The molecule has 0 bridgehead atoms. The molecule has 1 aromatic heterocycles. The lowest BCUT2D eigenvalue weighted by atomic mass is 9.91. The van der Waals surface area contributed by atoms with Gasteiger partial charge in [-0.25, -0.2) is 0 Å². The highest BCUT2D eigenvalue weighted by Gasteiger charge is 2.24. The maximum atomic E-state index is 11.2. The van der Waals surface area contributed by atoms with Gasteiger partial charge in [0.2, 0.25) is 6.54 Å². The Labute approximate surface area is 134 Å². The number of benzene rings is 2. The molecular weight excluding hydrogens is 292 g/mol. The van der Waals surface area contributed by atoms with Gasteiger partial charge in [-0.05, 0) is 29.3 Å². The van der Waals surface area contributed by atoms with Crippen molar-refractivity contribution >= 4 is 10.9 Å². The molecule has 5 nitrogen and oxygen atoms in total. The van der Waals surface area contributed by atoms with E-state index in [9.17, 15) is 10.1 Å². The molecule has 0 aliphatic rings. The molecule has 1 heterocycles. The third kappa shape index (κ3) is 2.90. The van der Waals surface area contributed by atoms with Crippen molar-refractivity contribution in [3.8, 4) is 5.75 Å². The van der Waals surface area contributed by atoms with Gasteiger partial charge in [-0.15, -0.1) is 0 Å². The largest absolute Gasteiger partial charge is 0.497 e. The second-order valence-electron chi connectivity index (χ2n) is 5.56. The molecule has 0 N–H and O–H groups in total. The molecule has 0 saturated carbocycles. The Balaban J connectivity index is 2.16. The summed E-state index contributed by atoms with van der Waals surface area (Å²) >= 11 is 0. The molecule has 0 radical (unpaired) electrons. The Morgan fingerprint density at radius 3 is 2.74 bits per heavy atom. The van der Waals surface area contributed by atoms with E-state index < -0.39 is 0 Å². The number of hydrogen-bond donors (Lipinski definition) is 0. The van der Waals surface area contributed by atoms with Crippen LogP contribution < -0.4 is 4.74 Å². The molecule has 0 aliphatic carbocycles. The van der Waals surface area contributed by atoms with Crippen LogP contribution >= 0.6 is 0 Å². The lowest BCUT2D eigenvalue weighted by Gasteiger charge is -2.14. The normalized spacial score (nSPS) is 12.3. The summed E-state index contributed by atoms with van der Waals surface area (Å²) in [7, 11) is 3.56. The number of aryl methyl sites for hydroxylation is 1. The third-order valence-electron chi connectivity index (χ3n) is 4.13. The lowest BCUT2D eigenvalue weighted by molar-refractivity contribution is -0.481. The van der Waals surface area contributed by atoms with E-state index in [1.807, 2.05) is 66.3 Å². The van der Waals surface area contributed by atoms with Gasteiger partial charge >= 0.3 is 0 Å². The molecule has 0 fully saturated rings. The van der Waals surface area contributed by atoms with Crippen molar-refractivity contribution < 1.29 is 9.66 Å². The van der Waals surface area contributed by atoms with Crippen LogP contribution in [0.5, 0.6) is 5.75 Å². The molecule has 2 aromatic carbocycles. The van der Waals surface area contributed by atoms with Crippen molar-refractivity contribution in [3.05, 3.63) is 76.0 Å². The van der Waals surface area contributed by atoms with Crippen LogP contribution in [0, 0.1) is 10.1 Å². The molecule has 0 saturated heterocycles. The standard InChI is InChI=1S/C18H18N2O3/c1-19-11-17(15-8-3-4-9-18(15)19)16(12-20(21)22)13-6-5-7-14(10-13)23-2/h3-11,16H,12H2,1-2H3. The number of ether oxygens (including phenoxy) is 1. The first-order valence-electron chi connectivity index (χ1n) is 7.40. The van der Waals surface area contributed by atoms with Crippen LogP contribution in [0.2, 0.25) is 0 Å². The number of para-hydroxylation sites is 1. The first-order valence-corrected chi connectivity index (χ1v) is 7.40. The fourth-order valence-corrected chi connectivity index (χ4v) is 3.04. The van der Waals surface area contributed by atoms with Crippen LogP contribution in [0.4, 0.5) is 0 Å². The maximum absolute atomic E-state index is 11.2. The summed E-state index contributed by atoms with van der Waals surface area (Å²) in [6.07, 6.45) is 1.98. The van der Waals surface area contributed by atoms with Gasteiger partial charge in [0.15, 0.2) is 0 Å². The summed E-state index contributed by atoms with van der Waals surface area (Å²) in [5.41, 5.74) is 2.92. The fourth-order valence-electron chi connectivity index (χ4n) is 3.04. The van der Waals surface area contributed by atoms with Gasteiger partial charge in [0, 0.05) is 29.1 Å². The SMILES string of the molecule is COc1cccc(C(C[N+](=O)[O-])c2cn(C)c3ccccc23)c1. The van der Waals surface area contributed by atoms with Gasteiger partial charge in [-0.3, -0.25) is 10.1 Å². The minimum Gasteiger partial charge on any atom is -0.497 e. The van der Waals surface area contributed by atoms with Crippen LogP contribution in [0.1, 0.15) is 17.0 Å². The van der Waals surface area contributed by atoms with Gasteiger partial charge in [-0.1, -0.05) is 30.3 Å². The summed E-state index contributed by atoms with van der Waals surface area (Å²) in [5.74, 6) is 0.391. The number of nitrogens with zero attached hydrogens (tertiary/aromatic N) is 2. The first-order chi connectivity index (χ1) is 11.1. The number of methoxy groups -OCH3 is 1. The molecule has 23 heavy (non-hydrogen) atoms. The second-order valence-corrected chi connectivity index (χ2v) is 5.56. The summed E-state index contributed by atoms with van der Waals surface area (Å²) in [5, 5.41) is 12.3. The third-order valence-corrected chi connectivity index (χ3v) is 4.13. The quantitative estimate of drug-likeness (QED) is 0.534.